The fourth-order valence-electron chi connectivity index (χ4n) is 4.08. The minimum atomic E-state index is -1.17. The highest BCUT2D eigenvalue weighted by Crippen LogP contribution is 2.40. The minimum Gasteiger partial charge on any atom is -0.312 e. The van der Waals surface area contributed by atoms with Crippen molar-refractivity contribution in [1.29, 1.82) is 0 Å². The zero-order chi connectivity index (χ0) is 25.3. The Bertz CT molecular complexity index is 335. The molecule has 5 heteroatoms. The van der Waals surface area contributed by atoms with Crippen LogP contribution in [-0.2, 0) is 13.6 Å². The van der Waals surface area contributed by atoms with Crippen LogP contribution >= 0.6 is 18.5 Å². The van der Waals surface area contributed by atoms with Gasteiger partial charge in [0.15, 0.2) is 0 Å². The van der Waals surface area contributed by atoms with Crippen LogP contribution in [0.25, 0.3) is 0 Å². The van der Waals surface area contributed by atoms with Gasteiger partial charge in [-0.15, -0.1) is 0 Å². The molecule has 0 saturated heterocycles. The lowest BCUT2D eigenvalue weighted by Gasteiger charge is -2.17. The van der Waals surface area contributed by atoms with E-state index in [4.69, 9.17) is 13.6 Å². The van der Waals surface area contributed by atoms with Crippen molar-refractivity contribution in [2.24, 2.45) is 17.8 Å². The molecule has 0 aliphatic carbocycles. The predicted molar refractivity (Wildman–Crippen MR) is 164 cm³/mol. The second kappa shape index (κ2) is 29.3. The van der Waals surface area contributed by atoms with Crippen molar-refractivity contribution in [3.05, 3.63) is 0 Å². The van der Waals surface area contributed by atoms with Crippen molar-refractivity contribution >= 4 is 18.5 Å². The molecule has 0 amide bonds. The predicted octanol–water partition coefficient (Wildman–Crippen LogP) is 11.3. The molecule has 0 heterocycles. The topological polar surface area (TPSA) is 27.7 Å². The molecule has 214 valence electrons. The summed E-state index contributed by atoms with van der Waals surface area (Å²) in [7, 11) is -1.17. The maximum atomic E-state index is 6.05. The summed E-state index contributed by atoms with van der Waals surface area (Å²) in [5.74, 6) is 2.50. The molecule has 3 nitrogen and oxygen atoms in total. The Morgan fingerprint density at radius 3 is 0.857 bits per heavy atom. The first-order chi connectivity index (χ1) is 16.4. The lowest BCUT2D eigenvalue weighted by Crippen LogP contribution is -2.01. The smallest absolute Gasteiger partial charge is 0.312 e. The van der Waals surface area contributed by atoms with Crippen LogP contribution in [0.2, 0.25) is 0 Å². The molecule has 0 aliphatic rings. The summed E-state index contributed by atoms with van der Waals surface area (Å²) in [5, 5.41) is 0. The van der Waals surface area contributed by atoms with E-state index < -0.39 is 8.60 Å². The number of hydrogen-bond donors (Lipinski definition) is 0. The summed E-state index contributed by atoms with van der Waals surface area (Å²) in [6.07, 6.45) is 23.4. The normalized spacial score (nSPS) is 11.8. The lowest BCUT2D eigenvalue weighted by molar-refractivity contribution is 0.153. The molecular formula is C30H66O3P2. The van der Waals surface area contributed by atoms with Gasteiger partial charge in [-0.3, -0.25) is 0 Å². The van der Waals surface area contributed by atoms with E-state index in [0.717, 1.165) is 56.8 Å². The van der Waals surface area contributed by atoms with Crippen LogP contribution in [-0.4, -0.2) is 19.8 Å². The third-order valence-electron chi connectivity index (χ3n) is 6.37. The summed E-state index contributed by atoms with van der Waals surface area (Å²) in [4.78, 5) is 0. The molecular weight excluding hydrogens is 470 g/mol. The molecule has 0 aromatic heterocycles. The number of rotatable bonds is 27. The van der Waals surface area contributed by atoms with Crippen LogP contribution in [0, 0.1) is 17.8 Å². The zero-order valence-electron chi connectivity index (χ0n) is 25.0. The fraction of sp³-hybridized carbons (Fsp3) is 1.00. The van der Waals surface area contributed by atoms with E-state index in [1.54, 1.807) is 0 Å². The van der Waals surface area contributed by atoms with Gasteiger partial charge in [0.25, 0.3) is 0 Å². The maximum Gasteiger partial charge on any atom is 0.332 e. The van der Waals surface area contributed by atoms with Crippen LogP contribution < -0.4 is 0 Å². The standard InChI is InChI=1S/C30H63O3P.H3P/c1-28(2)22-16-10-7-13-19-25-31-34(32-26-20-14-8-11-17-23-29(3)4)33-27-21-15-9-12-18-24-30(5)6;/h28-30H,7-27H2,1-6H3;1H3. The van der Waals surface area contributed by atoms with Crippen molar-refractivity contribution in [1.82, 2.24) is 0 Å². The van der Waals surface area contributed by atoms with Crippen LogP contribution in [0.5, 0.6) is 0 Å². The highest BCUT2D eigenvalue weighted by molar-refractivity contribution is 7.41. The Labute approximate surface area is 226 Å². The molecule has 0 saturated carbocycles. The van der Waals surface area contributed by atoms with Crippen LogP contribution in [0.3, 0.4) is 0 Å². The summed E-state index contributed by atoms with van der Waals surface area (Å²) in [6.45, 7) is 16.2. The third kappa shape index (κ3) is 32.7. The van der Waals surface area contributed by atoms with Crippen LogP contribution in [0.1, 0.15) is 157 Å². The Balaban J connectivity index is 0. The molecule has 0 aromatic rings. The average Bonchev–Trinajstić information content (AvgIpc) is 2.77. The highest BCUT2D eigenvalue weighted by atomic mass is 31.2. The van der Waals surface area contributed by atoms with Gasteiger partial charge < -0.3 is 13.6 Å². The van der Waals surface area contributed by atoms with Gasteiger partial charge in [0.05, 0.1) is 19.8 Å². The number of unbranched alkanes of at least 4 members (excludes halogenated alkanes) is 12. The largest absolute Gasteiger partial charge is 0.332 e. The van der Waals surface area contributed by atoms with Gasteiger partial charge >= 0.3 is 8.60 Å². The summed E-state index contributed by atoms with van der Waals surface area (Å²) < 4.78 is 18.2. The number of hydrogen-bond acceptors (Lipinski definition) is 3. The molecule has 0 fully saturated rings. The van der Waals surface area contributed by atoms with Gasteiger partial charge in [-0.2, -0.15) is 9.90 Å². The van der Waals surface area contributed by atoms with E-state index in [2.05, 4.69) is 41.5 Å². The highest BCUT2D eigenvalue weighted by Gasteiger charge is 2.12. The summed E-state index contributed by atoms with van der Waals surface area (Å²) in [5.41, 5.74) is 0. The second-order valence-corrected chi connectivity index (χ2v) is 12.8. The molecule has 35 heavy (non-hydrogen) atoms. The van der Waals surface area contributed by atoms with E-state index in [0.29, 0.717) is 0 Å². The molecule has 0 aromatic carbocycles. The van der Waals surface area contributed by atoms with Crippen LogP contribution in [0.4, 0.5) is 0 Å². The van der Waals surface area contributed by atoms with Crippen molar-refractivity contribution in [3.8, 4) is 0 Å². The van der Waals surface area contributed by atoms with Gasteiger partial charge in [-0.05, 0) is 37.0 Å². The van der Waals surface area contributed by atoms with E-state index in [1.165, 1.54) is 96.3 Å². The van der Waals surface area contributed by atoms with Gasteiger partial charge in [-0.25, -0.2) is 0 Å². The molecule has 0 bridgehead atoms. The van der Waals surface area contributed by atoms with Gasteiger partial charge in [0, 0.05) is 0 Å². The first-order valence-electron chi connectivity index (χ1n) is 15.1. The van der Waals surface area contributed by atoms with Gasteiger partial charge in [0.2, 0.25) is 0 Å². The fourth-order valence-corrected chi connectivity index (χ4v) is 5.14. The Morgan fingerprint density at radius 1 is 0.371 bits per heavy atom. The molecule has 0 rings (SSSR count). The van der Waals surface area contributed by atoms with Crippen molar-refractivity contribution in [3.63, 3.8) is 0 Å². The molecule has 0 aliphatic heterocycles. The monoisotopic (exact) mass is 536 g/mol. The lowest BCUT2D eigenvalue weighted by atomic mass is 10.0. The molecule has 1 atom stereocenters. The van der Waals surface area contributed by atoms with Gasteiger partial charge in [-0.1, -0.05) is 138 Å². The Hall–Kier alpha value is 0.740. The zero-order valence-corrected chi connectivity index (χ0v) is 27.3. The molecule has 1 unspecified atom stereocenters. The summed E-state index contributed by atoms with van der Waals surface area (Å²) >= 11 is 0. The first kappa shape index (κ1) is 37.9. The van der Waals surface area contributed by atoms with Crippen LogP contribution in [0.15, 0.2) is 0 Å². The third-order valence-corrected chi connectivity index (χ3v) is 7.55. The second-order valence-electron chi connectivity index (χ2n) is 11.6. The maximum absolute atomic E-state index is 6.05. The van der Waals surface area contributed by atoms with Crippen molar-refractivity contribution in [2.45, 2.75) is 157 Å². The first-order valence-corrected chi connectivity index (χ1v) is 16.2. The van der Waals surface area contributed by atoms with Gasteiger partial charge in [0.1, 0.15) is 0 Å². The molecule has 0 radical (unpaired) electrons. The van der Waals surface area contributed by atoms with Crippen molar-refractivity contribution < 1.29 is 13.6 Å². The van der Waals surface area contributed by atoms with E-state index in [1.807, 2.05) is 0 Å². The Kier molecular flexibility index (Phi) is 31.7. The quantitative estimate of drug-likeness (QED) is 0.0772. The SMILES string of the molecule is CC(C)CCCCCCCOP(OCCCCCCCC(C)C)OCCCCCCCC(C)C.P. The average molecular weight is 537 g/mol. The van der Waals surface area contributed by atoms with E-state index in [9.17, 15) is 0 Å². The molecule has 0 spiro atoms. The van der Waals surface area contributed by atoms with E-state index in [-0.39, 0.29) is 9.90 Å². The minimum absolute atomic E-state index is 0. The van der Waals surface area contributed by atoms with Crippen molar-refractivity contribution in [2.75, 3.05) is 19.8 Å². The molecule has 0 N–H and O–H groups in total. The van der Waals surface area contributed by atoms with E-state index >= 15 is 0 Å². The summed E-state index contributed by atoms with van der Waals surface area (Å²) in [6, 6.07) is 0. The Morgan fingerprint density at radius 2 is 0.600 bits per heavy atom.